The number of sulfonamides is 1. The molecule has 2 aromatic carbocycles. The van der Waals surface area contributed by atoms with Crippen LogP contribution in [-0.2, 0) is 35.5 Å². The molecule has 0 atom stereocenters. The highest BCUT2D eigenvalue weighted by Gasteiger charge is 2.29. The summed E-state index contributed by atoms with van der Waals surface area (Å²) >= 11 is 0. The van der Waals surface area contributed by atoms with Crippen LogP contribution in [0.15, 0.2) is 57.1 Å². The van der Waals surface area contributed by atoms with Gasteiger partial charge in [-0.15, -0.1) is 0 Å². The van der Waals surface area contributed by atoms with E-state index in [-0.39, 0.29) is 73.8 Å². The van der Waals surface area contributed by atoms with Crippen molar-refractivity contribution in [2.24, 2.45) is 14.1 Å². The van der Waals surface area contributed by atoms with E-state index >= 15 is 0 Å². The number of amides is 2. The van der Waals surface area contributed by atoms with Crippen LogP contribution < -0.4 is 31.4 Å². The molecule has 2 aliphatic heterocycles. The minimum atomic E-state index is -4.40. The van der Waals surface area contributed by atoms with E-state index in [1.165, 1.54) is 57.6 Å². The van der Waals surface area contributed by atoms with Crippen LogP contribution in [0, 0.1) is 5.82 Å². The summed E-state index contributed by atoms with van der Waals surface area (Å²) in [6, 6.07) is 8.64. The average Bonchev–Trinajstić information content (AvgIpc) is 2.98. The van der Waals surface area contributed by atoms with Crippen molar-refractivity contribution in [3.8, 4) is 17.2 Å². The van der Waals surface area contributed by atoms with E-state index < -0.39 is 43.8 Å². The first-order chi connectivity index (χ1) is 20.4. The number of nitrogens with one attached hydrogen (secondary N) is 2. The number of nitrogens with zero attached hydrogens (tertiary/aromatic N) is 3. The van der Waals surface area contributed by atoms with E-state index in [9.17, 15) is 32.0 Å². The first-order valence-corrected chi connectivity index (χ1v) is 14.8. The lowest BCUT2D eigenvalue weighted by Crippen LogP contribution is -2.43. The third-order valence-corrected chi connectivity index (χ3v) is 8.78. The van der Waals surface area contributed by atoms with Gasteiger partial charge in [-0.25, -0.2) is 17.6 Å². The molecule has 2 bridgehead atoms. The molecule has 0 fully saturated rings. The van der Waals surface area contributed by atoms with E-state index in [0.29, 0.717) is 4.57 Å². The molecule has 0 saturated carbocycles. The summed E-state index contributed by atoms with van der Waals surface area (Å²) in [4.78, 5) is 49.8. The zero-order chi connectivity index (χ0) is 31.3. The Balaban J connectivity index is 1.66. The van der Waals surface area contributed by atoms with Crippen molar-refractivity contribution in [3.63, 3.8) is 0 Å². The number of ether oxygens (including phenoxy) is 2. The summed E-state index contributed by atoms with van der Waals surface area (Å²) in [5.74, 6) is -0.969. The molecule has 43 heavy (non-hydrogen) atoms. The maximum atomic E-state index is 14.8. The second kappa shape index (κ2) is 13.2. The molecular formula is C28H32FN5O8S. The van der Waals surface area contributed by atoms with Gasteiger partial charge in [0.2, 0.25) is 15.9 Å². The molecule has 0 saturated heterocycles. The van der Waals surface area contributed by atoms with Crippen molar-refractivity contribution in [1.82, 2.24) is 24.1 Å². The van der Waals surface area contributed by atoms with Gasteiger partial charge in [0.25, 0.3) is 11.5 Å². The predicted molar refractivity (Wildman–Crippen MR) is 153 cm³/mol. The van der Waals surface area contributed by atoms with Gasteiger partial charge < -0.3 is 24.7 Å². The SMILES string of the molecule is COc1cc2ccc1Oc1cccc(F)c1CNC(=O)CCCN(S(=O)(=O)c1cn(C)c(=O)n(C)c1=O)CCCNC2=O. The fourth-order valence-corrected chi connectivity index (χ4v) is 6.18. The number of methoxy groups -OCH3 is 1. The van der Waals surface area contributed by atoms with Crippen LogP contribution in [0.4, 0.5) is 4.39 Å². The normalized spacial score (nSPS) is 15.7. The fourth-order valence-electron chi connectivity index (χ4n) is 4.51. The quantitative estimate of drug-likeness (QED) is 0.445. The first-order valence-electron chi connectivity index (χ1n) is 13.4. The molecule has 1 aromatic heterocycles. The molecule has 230 valence electrons. The van der Waals surface area contributed by atoms with Gasteiger partial charge in [0, 0.05) is 64.0 Å². The van der Waals surface area contributed by atoms with E-state index in [4.69, 9.17) is 9.47 Å². The molecule has 15 heteroatoms. The highest BCUT2D eigenvalue weighted by atomic mass is 32.2. The Labute approximate surface area is 246 Å². The number of halogens is 1. The Bertz CT molecular complexity index is 1770. The lowest BCUT2D eigenvalue weighted by Gasteiger charge is -2.22. The minimum Gasteiger partial charge on any atom is -0.493 e. The Kier molecular flexibility index (Phi) is 9.66. The van der Waals surface area contributed by atoms with E-state index in [2.05, 4.69) is 10.6 Å². The van der Waals surface area contributed by atoms with Crippen molar-refractivity contribution < 1.29 is 31.9 Å². The number of rotatable bonds is 3. The van der Waals surface area contributed by atoms with E-state index in [0.717, 1.165) is 15.1 Å². The van der Waals surface area contributed by atoms with E-state index in [1.807, 2.05) is 0 Å². The third kappa shape index (κ3) is 6.94. The molecule has 3 heterocycles. The molecule has 0 aliphatic carbocycles. The maximum Gasteiger partial charge on any atom is 0.330 e. The molecular weight excluding hydrogens is 585 g/mol. The number of carbonyl (C=O) groups is 2. The maximum absolute atomic E-state index is 14.8. The Morgan fingerprint density at radius 1 is 0.977 bits per heavy atom. The van der Waals surface area contributed by atoms with Crippen molar-refractivity contribution >= 4 is 21.8 Å². The van der Waals surface area contributed by atoms with Crippen LogP contribution in [0.25, 0.3) is 0 Å². The summed E-state index contributed by atoms with van der Waals surface area (Å²) in [5, 5.41) is 5.36. The molecule has 13 nitrogen and oxygen atoms in total. The highest BCUT2D eigenvalue weighted by Crippen LogP contribution is 2.34. The largest absolute Gasteiger partial charge is 0.493 e. The van der Waals surface area contributed by atoms with Crippen LogP contribution in [0.2, 0.25) is 0 Å². The second-order valence-corrected chi connectivity index (χ2v) is 11.7. The number of carbonyl (C=O) groups excluding carboxylic acids is 2. The number of aryl methyl sites for hydroxylation is 1. The highest BCUT2D eigenvalue weighted by molar-refractivity contribution is 7.89. The Hall–Kier alpha value is -4.50. The van der Waals surface area contributed by atoms with Crippen molar-refractivity contribution in [1.29, 1.82) is 0 Å². The number of hydrogen-bond acceptors (Lipinski definition) is 8. The summed E-state index contributed by atoms with van der Waals surface area (Å²) < 4.78 is 56.0. The molecule has 2 amide bonds. The molecule has 5 rings (SSSR count). The number of benzene rings is 2. The van der Waals surface area contributed by atoms with Gasteiger partial charge >= 0.3 is 5.69 Å². The van der Waals surface area contributed by atoms with Gasteiger partial charge in [0.05, 0.1) is 7.11 Å². The molecule has 3 aromatic rings. The van der Waals surface area contributed by atoms with Crippen LogP contribution >= 0.6 is 0 Å². The van der Waals surface area contributed by atoms with Gasteiger partial charge in [-0.05, 0) is 43.2 Å². The number of hydrogen-bond donors (Lipinski definition) is 2. The van der Waals surface area contributed by atoms with Crippen molar-refractivity contribution in [2.75, 3.05) is 26.7 Å². The van der Waals surface area contributed by atoms with Crippen molar-refractivity contribution in [3.05, 3.63) is 80.4 Å². The van der Waals surface area contributed by atoms with Crippen LogP contribution in [0.5, 0.6) is 17.2 Å². The monoisotopic (exact) mass is 617 g/mol. The Morgan fingerprint density at radius 2 is 1.72 bits per heavy atom. The molecule has 2 aliphatic rings. The lowest BCUT2D eigenvalue weighted by molar-refractivity contribution is -0.121. The van der Waals surface area contributed by atoms with Gasteiger partial charge in [-0.1, -0.05) is 6.07 Å². The average molecular weight is 618 g/mol. The summed E-state index contributed by atoms with van der Waals surface area (Å²) in [6.07, 6.45) is 1.11. The molecule has 0 spiro atoms. The molecule has 0 radical (unpaired) electrons. The number of aromatic nitrogens is 2. The fraction of sp³-hybridized carbons (Fsp3) is 0.357. The van der Waals surface area contributed by atoms with Crippen LogP contribution in [-0.4, -0.2) is 60.4 Å². The molecule has 0 unspecified atom stereocenters. The second-order valence-electron chi connectivity index (χ2n) is 9.83. The van der Waals surface area contributed by atoms with Gasteiger partial charge in [-0.3, -0.25) is 19.0 Å². The summed E-state index contributed by atoms with van der Waals surface area (Å²) in [5.41, 5.74) is -1.35. The predicted octanol–water partition coefficient (Wildman–Crippen LogP) is 1.24. The van der Waals surface area contributed by atoms with E-state index in [1.54, 1.807) is 0 Å². The standard InChI is InChI=1S/C28H32FN5O8S/c1-32-17-24(27(37)33(2)28(32)38)43(39,40)34-13-5-9-25(35)31-16-19-20(29)7-4-8-21(19)42-22-11-10-18(15-23(22)41-3)26(36)30-12-6-14-34/h4,7-8,10-11,15,17H,5-6,9,12-14,16H2,1-3H3,(H,30,36)(H,31,35). The zero-order valence-electron chi connectivity index (χ0n) is 23.9. The zero-order valence-corrected chi connectivity index (χ0v) is 24.7. The van der Waals surface area contributed by atoms with Gasteiger partial charge in [-0.2, -0.15) is 4.31 Å². The topological polar surface area (TPSA) is 158 Å². The number of fused-ring (bicyclic) bond motifs is 13. The van der Waals surface area contributed by atoms with Crippen LogP contribution in [0.3, 0.4) is 0 Å². The van der Waals surface area contributed by atoms with Gasteiger partial charge in [0.15, 0.2) is 16.4 Å². The van der Waals surface area contributed by atoms with Crippen LogP contribution in [0.1, 0.15) is 35.2 Å². The Morgan fingerprint density at radius 3 is 2.47 bits per heavy atom. The smallest absolute Gasteiger partial charge is 0.330 e. The summed E-state index contributed by atoms with van der Waals surface area (Å²) in [6.45, 7) is -0.351. The molecule has 2 N–H and O–H groups in total. The van der Waals surface area contributed by atoms with Crippen molar-refractivity contribution in [2.45, 2.75) is 30.7 Å². The first kappa shape index (κ1) is 31.4. The lowest BCUT2D eigenvalue weighted by atomic mass is 10.1. The summed E-state index contributed by atoms with van der Waals surface area (Å²) in [7, 11) is -0.504. The third-order valence-electron chi connectivity index (χ3n) is 6.90. The minimum absolute atomic E-state index is 0.0744. The van der Waals surface area contributed by atoms with Gasteiger partial charge in [0.1, 0.15) is 11.6 Å².